The van der Waals surface area contributed by atoms with Crippen molar-refractivity contribution < 1.29 is 29.0 Å². The lowest BCUT2D eigenvalue weighted by atomic mass is 10.1. The second-order valence-electron chi connectivity index (χ2n) is 8.79. The zero-order chi connectivity index (χ0) is 29.8. The maximum Gasteiger partial charge on any atom is 0.325 e. The molecule has 1 amide bonds. The Bertz CT molecular complexity index is 871. The van der Waals surface area contributed by atoms with Gasteiger partial charge >= 0.3 is 5.97 Å². The molecule has 1 N–H and O–H groups in total. The molecule has 40 heavy (non-hydrogen) atoms. The van der Waals surface area contributed by atoms with Crippen molar-refractivity contribution in [2.75, 3.05) is 26.4 Å². The van der Waals surface area contributed by atoms with E-state index in [-0.39, 0.29) is 25.7 Å². The fraction of sp³-hybridized carbons (Fsp3) is 0.600. The van der Waals surface area contributed by atoms with Crippen molar-refractivity contribution in [2.24, 2.45) is 5.92 Å². The van der Waals surface area contributed by atoms with E-state index in [4.69, 9.17) is 21.1 Å². The van der Waals surface area contributed by atoms with E-state index in [0.29, 0.717) is 19.3 Å². The van der Waals surface area contributed by atoms with Crippen LogP contribution in [0, 0.1) is 16.0 Å². The minimum Gasteiger partial charge on any atom is -0.493 e. The van der Waals surface area contributed by atoms with E-state index >= 15 is 0 Å². The molecule has 1 aromatic rings. The number of ether oxygens (including phenoxy) is 2. The summed E-state index contributed by atoms with van der Waals surface area (Å²) in [5.74, 6) is 0.968. The highest BCUT2D eigenvalue weighted by atomic mass is 35.5. The summed E-state index contributed by atoms with van der Waals surface area (Å²) < 4.78 is 10.5. The average Bonchev–Trinajstić information content (AvgIpc) is 3.47. The first kappa shape index (κ1) is 36.9. The van der Waals surface area contributed by atoms with Gasteiger partial charge < -0.3 is 19.6 Å². The van der Waals surface area contributed by atoms with E-state index in [1.807, 2.05) is 57.2 Å². The van der Waals surface area contributed by atoms with Crippen LogP contribution in [-0.2, 0) is 19.2 Å². The molecule has 0 spiro atoms. The van der Waals surface area contributed by atoms with Gasteiger partial charge in [0, 0.05) is 11.4 Å². The van der Waals surface area contributed by atoms with Gasteiger partial charge in [-0.05, 0) is 76.0 Å². The first-order valence-corrected chi connectivity index (χ1v) is 14.6. The smallest absolute Gasteiger partial charge is 0.325 e. The molecular weight excluding hydrogens is 536 g/mol. The van der Waals surface area contributed by atoms with Gasteiger partial charge in [0.05, 0.1) is 19.8 Å². The maximum absolute atomic E-state index is 11.4. The van der Waals surface area contributed by atoms with Gasteiger partial charge in [0.25, 0.3) is 5.09 Å². The number of benzene rings is 1. The number of esters is 1. The fourth-order valence-electron chi connectivity index (χ4n) is 3.63. The number of halogens is 1. The predicted molar refractivity (Wildman–Crippen MR) is 159 cm³/mol. The second-order valence-corrected chi connectivity index (χ2v) is 9.23. The number of rotatable bonds is 17. The van der Waals surface area contributed by atoms with Gasteiger partial charge in [-0.1, -0.05) is 68.7 Å². The van der Waals surface area contributed by atoms with Crippen LogP contribution in [0.3, 0.4) is 0 Å². The molecule has 1 saturated carbocycles. The van der Waals surface area contributed by atoms with Gasteiger partial charge in [-0.3, -0.25) is 9.59 Å². The van der Waals surface area contributed by atoms with Crippen LogP contribution in [0.25, 0.3) is 0 Å². The Hall–Kier alpha value is -3.07. The van der Waals surface area contributed by atoms with Gasteiger partial charge in [0.15, 0.2) is 0 Å². The molecule has 0 aromatic heterocycles. The summed E-state index contributed by atoms with van der Waals surface area (Å²) in [6.07, 6.45) is 17.8. The molecule has 226 valence electrons. The minimum absolute atomic E-state index is 0.0203. The van der Waals surface area contributed by atoms with E-state index < -0.39 is 11.1 Å². The Labute approximate surface area is 244 Å². The molecule has 0 unspecified atom stereocenters. The van der Waals surface area contributed by atoms with Crippen molar-refractivity contribution in [1.29, 1.82) is 0 Å². The summed E-state index contributed by atoms with van der Waals surface area (Å²) in [6.45, 7) is 6.61. The highest BCUT2D eigenvalue weighted by molar-refractivity contribution is 6.30. The van der Waals surface area contributed by atoms with Crippen molar-refractivity contribution in [1.82, 2.24) is 5.32 Å². The molecule has 1 aliphatic rings. The standard InChI is InChI=1S/C15H19ClO.C13H22N2O6.C2H6/c16-14-9-5-10-15(12-14)17-11-4-3-8-13-6-1-2-7-13;1-2-3-4-5-8-12(16)14-11-13(17)20-9-6-7-10-21-15(18)19;1-2/h3,5,8-10,12-13H,1-2,4,6-7,11H2;2-3H,4-11H2,1H3,(H,14,16);1-2H3/b8-3+;3-2-;. The predicted octanol–water partition coefficient (Wildman–Crippen LogP) is 7.26. The minimum atomic E-state index is -0.863. The molecule has 0 atom stereocenters. The quantitative estimate of drug-likeness (QED) is 0.0675. The number of allylic oxidation sites excluding steroid dienone is 3. The van der Waals surface area contributed by atoms with E-state index in [2.05, 4.69) is 22.3 Å². The molecule has 1 fully saturated rings. The summed E-state index contributed by atoms with van der Waals surface area (Å²) in [4.78, 5) is 36.6. The van der Waals surface area contributed by atoms with Crippen LogP contribution in [0.15, 0.2) is 48.6 Å². The van der Waals surface area contributed by atoms with Crippen LogP contribution in [0.4, 0.5) is 0 Å². The van der Waals surface area contributed by atoms with Crippen molar-refractivity contribution in [2.45, 2.75) is 85.0 Å². The SMILES string of the molecule is C/C=C\CCCC(=O)NCC(=O)OCCCCO[N+](=O)[O-].CC.Clc1cccc(OCC/C=C/C2CCCC2)c1. The third-order valence-corrected chi connectivity index (χ3v) is 5.83. The molecule has 0 bridgehead atoms. The number of hydrogen-bond acceptors (Lipinski definition) is 7. The van der Waals surface area contributed by atoms with Gasteiger partial charge in [0.1, 0.15) is 12.3 Å². The molecule has 0 aliphatic heterocycles. The monoisotopic (exact) mass is 582 g/mol. The molecule has 0 heterocycles. The summed E-state index contributed by atoms with van der Waals surface area (Å²) >= 11 is 5.88. The van der Waals surface area contributed by atoms with Gasteiger partial charge in [-0.15, -0.1) is 10.1 Å². The van der Waals surface area contributed by atoms with Crippen molar-refractivity contribution in [3.63, 3.8) is 0 Å². The van der Waals surface area contributed by atoms with Crippen molar-refractivity contribution in [3.8, 4) is 5.75 Å². The van der Waals surface area contributed by atoms with Crippen molar-refractivity contribution >= 4 is 23.5 Å². The first-order chi connectivity index (χ1) is 19.4. The summed E-state index contributed by atoms with van der Waals surface area (Å²) in [5, 5.41) is 12.2. The van der Waals surface area contributed by atoms with Crippen LogP contribution in [0.2, 0.25) is 5.02 Å². The Morgan fingerprint density at radius 3 is 2.48 bits per heavy atom. The summed E-state index contributed by atoms with van der Waals surface area (Å²) in [6, 6.07) is 7.55. The third kappa shape index (κ3) is 22.9. The Morgan fingerprint density at radius 2 is 1.80 bits per heavy atom. The molecule has 9 nitrogen and oxygen atoms in total. The van der Waals surface area contributed by atoms with E-state index in [1.54, 1.807) is 0 Å². The number of unbranched alkanes of at least 4 members (excludes halogenated alkanes) is 2. The van der Waals surface area contributed by atoms with Crippen LogP contribution >= 0.6 is 11.6 Å². The molecule has 0 saturated heterocycles. The average molecular weight is 583 g/mol. The van der Waals surface area contributed by atoms with E-state index in [1.165, 1.54) is 25.7 Å². The summed E-state index contributed by atoms with van der Waals surface area (Å²) in [5.41, 5.74) is 0. The number of carbonyl (C=O) groups excluding carboxylic acids is 2. The fourth-order valence-corrected chi connectivity index (χ4v) is 3.81. The number of nitrogens with zero attached hydrogens (tertiary/aromatic N) is 1. The van der Waals surface area contributed by atoms with Crippen LogP contribution < -0.4 is 10.1 Å². The highest BCUT2D eigenvalue weighted by Crippen LogP contribution is 2.25. The first-order valence-electron chi connectivity index (χ1n) is 14.3. The lowest BCUT2D eigenvalue weighted by molar-refractivity contribution is -0.757. The Kier molecular flexibility index (Phi) is 24.2. The molecule has 0 radical (unpaired) electrons. The van der Waals surface area contributed by atoms with Crippen LogP contribution in [-0.4, -0.2) is 43.3 Å². The topological polar surface area (TPSA) is 117 Å². The van der Waals surface area contributed by atoms with Crippen LogP contribution in [0.5, 0.6) is 5.75 Å². The largest absolute Gasteiger partial charge is 0.493 e. The van der Waals surface area contributed by atoms with E-state index in [9.17, 15) is 19.7 Å². The molecular formula is C30H47ClN2O7. The summed E-state index contributed by atoms with van der Waals surface area (Å²) in [7, 11) is 0. The van der Waals surface area contributed by atoms with E-state index in [0.717, 1.165) is 42.6 Å². The van der Waals surface area contributed by atoms with Gasteiger partial charge in [-0.2, -0.15) is 0 Å². The Balaban J connectivity index is 0.000000726. The lowest BCUT2D eigenvalue weighted by Gasteiger charge is -2.06. The second kappa shape index (κ2) is 26.2. The zero-order valence-electron chi connectivity index (χ0n) is 24.3. The number of amides is 1. The third-order valence-electron chi connectivity index (χ3n) is 5.60. The highest BCUT2D eigenvalue weighted by Gasteiger charge is 2.10. The normalized spacial score (nSPS) is 12.7. The molecule has 10 heteroatoms. The van der Waals surface area contributed by atoms with Gasteiger partial charge in [-0.25, -0.2) is 0 Å². The van der Waals surface area contributed by atoms with Crippen LogP contribution in [0.1, 0.15) is 85.0 Å². The maximum atomic E-state index is 11.4. The zero-order valence-corrected chi connectivity index (χ0v) is 25.0. The Morgan fingerprint density at radius 1 is 1.07 bits per heavy atom. The molecule has 1 aliphatic carbocycles. The van der Waals surface area contributed by atoms with Gasteiger partial charge in [0.2, 0.25) is 5.91 Å². The number of hydrogen-bond donors (Lipinski definition) is 1. The van der Waals surface area contributed by atoms with Crippen molar-refractivity contribution in [3.05, 3.63) is 63.7 Å². The molecule has 2 rings (SSSR count). The molecule has 1 aromatic carbocycles. The number of carbonyl (C=O) groups is 2. The number of nitrogens with one attached hydrogen (secondary N) is 1. The lowest BCUT2D eigenvalue weighted by Crippen LogP contribution is -2.30.